The summed E-state index contributed by atoms with van der Waals surface area (Å²) in [5.74, 6) is 1.09. The van der Waals surface area contributed by atoms with Gasteiger partial charge in [-0.25, -0.2) is 0 Å². The average molecular weight is 161 g/mol. The number of halogens is 1. The minimum atomic E-state index is 0.500. The SMILES string of the molecule is CCC(CN(F)CC)C(C)C. The van der Waals surface area contributed by atoms with Gasteiger partial charge in [0.1, 0.15) is 0 Å². The van der Waals surface area contributed by atoms with Crippen molar-refractivity contribution in [2.24, 2.45) is 11.8 Å². The van der Waals surface area contributed by atoms with Gasteiger partial charge < -0.3 is 0 Å². The Kier molecular flexibility index (Phi) is 5.47. The van der Waals surface area contributed by atoms with Crippen molar-refractivity contribution in [1.82, 2.24) is 5.12 Å². The molecule has 0 N–H and O–H groups in total. The van der Waals surface area contributed by atoms with Crippen molar-refractivity contribution in [1.29, 1.82) is 0 Å². The third-order valence-electron chi connectivity index (χ3n) is 2.24. The van der Waals surface area contributed by atoms with Crippen LogP contribution < -0.4 is 0 Å². The summed E-state index contributed by atoms with van der Waals surface area (Å²) >= 11 is 0. The smallest absolute Gasteiger partial charge is 0.0321 e. The fourth-order valence-electron chi connectivity index (χ4n) is 1.19. The van der Waals surface area contributed by atoms with Crippen molar-refractivity contribution in [3.8, 4) is 0 Å². The highest BCUT2D eigenvalue weighted by Crippen LogP contribution is 2.16. The predicted molar refractivity (Wildman–Crippen MR) is 47.0 cm³/mol. The number of rotatable bonds is 5. The average Bonchev–Trinajstić information content (AvgIpc) is 1.99. The first kappa shape index (κ1) is 10.9. The summed E-state index contributed by atoms with van der Waals surface area (Å²) in [5, 5.41) is 0.897. The molecule has 1 atom stereocenters. The molecule has 0 heterocycles. The van der Waals surface area contributed by atoms with Gasteiger partial charge in [0.05, 0.1) is 0 Å². The van der Waals surface area contributed by atoms with Crippen LogP contribution in [0.25, 0.3) is 0 Å². The lowest BCUT2D eigenvalue weighted by Crippen LogP contribution is -2.24. The van der Waals surface area contributed by atoms with Crippen LogP contribution in [0.1, 0.15) is 34.1 Å². The standard InChI is InChI=1S/C9H20FN/c1-5-9(8(3)4)7-11(10)6-2/h8-9H,5-7H2,1-4H3. The second kappa shape index (κ2) is 5.53. The van der Waals surface area contributed by atoms with Gasteiger partial charge in [-0.05, 0) is 18.8 Å². The molecule has 0 rings (SSSR count). The monoisotopic (exact) mass is 161 g/mol. The molecular formula is C9H20FN. The van der Waals surface area contributed by atoms with E-state index in [2.05, 4.69) is 20.8 Å². The van der Waals surface area contributed by atoms with Crippen molar-refractivity contribution >= 4 is 0 Å². The van der Waals surface area contributed by atoms with Crippen LogP contribution in [0.3, 0.4) is 0 Å². The van der Waals surface area contributed by atoms with Crippen LogP contribution in [0.15, 0.2) is 0 Å². The normalized spacial score (nSPS) is 14.5. The molecule has 68 valence electrons. The van der Waals surface area contributed by atoms with Crippen molar-refractivity contribution in [3.63, 3.8) is 0 Å². The highest BCUT2D eigenvalue weighted by atomic mass is 19.2. The van der Waals surface area contributed by atoms with Crippen LogP contribution in [0, 0.1) is 11.8 Å². The van der Waals surface area contributed by atoms with Crippen molar-refractivity contribution in [3.05, 3.63) is 0 Å². The molecule has 2 heteroatoms. The maximum atomic E-state index is 12.8. The van der Waals surface area contributed by atoms with E-state index in [1.165, 1.54) is 0 Å². The Balaban J connectivity index is 3.68. The molecular weight excluding hydrogens is 141 g/mol. The lowest BCUT2D eigenvalue weighted by atomic mass is 9.93. The van der Waals surface area contributed by atoms with E-state index in [1.807, 2.05) is 6.92 Å². The van der Waals surface area contributed by atoms with Gasteiger partial charge in [0.25, 0.3) is 0 Å². The third-order valence-corrected chi connectivity index (χ3v) is 2.24. The van der Waals surface area contributed by atoms with Gasteiger partial charge in [0.2, 0.25) is 0 Å². The van der Waals surface area contributed by atoms with Crippen LogP contribution in [-0.2, 0) is 0 Å². The Hall–Kier alpha value is -0.110. The van der Waals surface area contributed by atoms with Crippen LogP contribution in [-0.4, -0.2) is 18.2 Å². The Morgan fingerprint density at radius 1 is 1.27 bits per heavy atom. The molecule has 0 aromatic heterocycles. The fourth-order valence-corrected chi connectivity index (χ4v) is 1.19. The molecule has 0 saturated carbocycles. The van der Waals surface area contributed by atoms with E-state index < -0.39 is 0 Å². The Morgan fingerprint density at radius 3 is 2.09 bits per heavy atom. The van der Waals surface area contributed by atoms with Gasteiger partial charge in [0.15, 0.2) is 0 Å². The molecule has 1 nitrogen and oxygen atoms in total. The van der Waals surface area contributed by atoms with Gasteiger partial charge in [-0.15, -0.1) is 9.60 Å². The molecule has 0 aromatic carbocycles. The van der Waals surface area contributed by atoms with E-state index in [0.29, 0.717) is 24.9 Å². The Morgan fingerprint density at radius 2 is 1.82 bits per heavy atom. The summed E-state index contributed by atoms with van der Waals surface area (Å²) in [6.07, 6.45) is 1.07. The first-order chi connectivity index (χ1) is 5.11. The molecule has 0 amide bonds. The van der Waals surface area contributed by atoms with Crippen LogP contribution in [0.4, 0.5) is 4.48 Å². The third kappa shape index (κ3) is 4.35. The molecule has 11 heavy (non-hydrogen) atoms. The zero-order chi connectivity index (χ0) is 8.85. The van der Waals surface area contributed by atoms with E-state index in [1.54, 1.807) is 0 Å². The molecule has 0 radical (unpaired) electrons. The van der Waals surface area contributed by atoms with E-state index in [9.17, 15) is 4.48 Å². The first-order valence-corrected chi connectivity index (χ1v) is 4.52. The van der Waals surface area contributed by atoms with Gasteiger partial charge in [0, 0.05) is 13.1 Å². The van der Waals surface area contributed by atoms with E-state index in [4.69, 9.17) is 0 Å². The molecule has 0 saturated heterocycles. The molecule has 0 aliphatic rings. The van der Waals surface area contributed by atoms with Gasteiger partial charge >= 0.3 is 0 Å². The van der Waals surface area contributed by atoms with Gasteiger partial charge in [-0.1, -0.05) is 27.2 Å². The van der Waals surface area contributed by atoms with Crippen molar-refractivity contribution < 1.29 is 4.48 Å². The van der Waals surface area contributed by atoms with E-state index in [0.717, 1.165) is 11.5 Å². The molecule has 0 aliphatic heterocycles. The second-order valence-electron chi connectivity index (χ2n) is 3.37. The fraction of sp³-hybridized carbons (Fsp3) is 1.00. The van der Waals surface area contributed by atoms with Crippen LogP contribution in [0.5, 0.6) is 0 Å². The van der Waals surface area contributed by atoms with Gasteiger partial charge in [-0.3, -0.25) is 0 Å². The van der Waals surface area contributed by atoms with E-state index in [-0.39, 0.29) is 0 Å². The van der Waals surface area contributed by atoms with Crippen LogP contribution >= 0.6 is 0 Å². The highest BCUT2D eigenvalue weighted by molar-refractivity contribution is 4.62. The summed E-state index contributed by atoms with van der Waals surface area (Å²) in [4.78, 5) is 0. The molecule has 0 aliphatic carbocycles. The summed E-state index contributed by atoms with van der Waals surface area (Å²) in [6.45, 7) is 9.35. The maximum absolute atomic E-state index is 12.8. The number of hydrogen-bond acceptors (Lipinski definition) is 1. The highest BCUT2D eigenvalue weighted by Gasteiger charge is 2.14. The number of nitrogens with zero attached hydrogens (tertiary/aromatic N) is 1. The minimum absolute atomic E-state index is 0.500. The zero-order valence-electron chi connectivity index (χ0n) is 8.10. The topological polar surface area (TPSA) is 3.24 Å². The first-order valence-electron chi connectivity index (χ1n) is 4.52. The molecule has 0 spiro atoms. The minimum Gasteiger partial charge on any atom is -0.146 e. The molecule has 0 aromatic rings. The summed E-state index contributed by atoms with van der Waals surface area (Å²) in [7, 11) is 0. The predicted octanol–water partition coefficient (Wildman–Crippen LogP) is 2.88. The second-order valence-corrected chi connectivity index (χ2v) is 3.37. The Labute approximate surface area is 69.5 Å². The maximum Gasteiger partial charge on any atom is 0.0321 e. The zero-order valence-corrected chi connectivity index (χ0v) is 8.10. The van der Waals surface area contributed by atoms with Crippen molar-refractivity contribution in [2.45, 2.75) is 34.1 Å². The lowest BCUT2D eigenvalue weighted by molar-refractivity contribution is 0.00645. The summed E-state index contributed by atoms with van der Waals surface area (Å²) in [5.41, 5.74) is 0. The lowest BCUT2D eigenvalue weighted by Gasteiger charge is -2.21. The quantitative estimate of drug-likeness (QED) is 0.560. The van der Waals surface area contributed by atoms with E-state index >= 15 is 0 Å². The molecule has 0 bridgehead atoms. The molecule has 1 unspecified atom stereocenters. The van der Waals surface area contributed by atoms with Crippen molar-refractivity contribution in [2.75, 3.05) is 13.1 Å². The summed E-state index contributed by atoms with van der Waals surface area (Å²) < 4.78 is 12.8. The number of hydrogen-bond donors (Lipinski definition) is 0. The molecule has 0 fully saturated rings. The Bertz CT molecular complexity index is 93.6. The van der Waals surface area contributed by atoms with Gasteiger partial charge in [-0.2, -0.15) is 0 Å². The largest absolute Gasteiger partial charge is 0.146 e. The summed E-state index contributed by atoms with van der Waals surface area (Å²) in [6, 6.07) is 0. The van der Waals surface area contributed by atoms with Crippen LogP contribution in [0.2, 0.25) is 0 Å².